The van der Waals surface area contributed by atoms with Crippen molar-refractivity contribution in [1.82, 2.24) is 20.3 Å². The number of amides is 1. The Labute approximate surface area is 170 Å². The molecule has 0 radical (unpaired) electrons. The summed E-state index contributed by atoms with van der Waals surface area (Å²) in [5, 5.41) is 3.11. The van der Waals surface area contributed by atoms with E-state index in [2.05, 4.69) is 27.2 Å². The van der Waals surface area contributed by atoms with Gasteiger partial charge in [-0.05, 0) is 55.6 Å². The third-order valence-corrected chi connectivity index (χ3v) is 5.69. The number of aromatic nitrogens is 3. The number of nitrogens with one attached hydrogen (secondary N) is 1. The summed E-state index contributed by atoms with van der Waals surface area (Å²) in [6.45, 7) is 2.06. The molecule has 0 aliphatic heterocycles. The quantitative estimate of drug-likeness (QED) is 0.763. The van der Waals surface area contributed by atoms with E-state index in [0.717, 1.165) is 32.1 Å². The SMILES string of the molecule is CCC(NC(=O)c1cnc(OC)nc1)C1CCC(c2ccnc(OC)c2F)CC1. The Morgan fingerprint density at radius 2 is 1.86 bits per heavy atom. The summed E-state index contributed by atoms with van der Waals surface area (Å²) in [5.74, 6) is -0.00706. The lowest BCUT2D eigenvalue weighted by Crippen LogP contribution is -2.41. The molecule has 0 bridgehead atoms. The van der Waals surface area contributed by atoms with Gasteiger partial charge in [0.15, 0.2) is 5.82 Å². The first-order valence-electron chi connectivity index (χ1n) is 9.92. The van der Waals surface area contributed by atoms with E-state index in [9.17, 15) is 9.18 Å². The van der Waals surface area contributed by atoms with E-state index < -0.39 is 0 Å². The maximum Gasteiger partial charge on any atom is 0.316 e. The number of pyridine rings is 1. The van der Waals surface area contributed by atoms with Crippen LogP contribution in [0.2, 0.25) is 0 Å². The van der Waals surface area contributed by atoms with Gasteiger partial charge in [0.1, 0.15) is 0 Å². The number of halogens is 1. The van der Waals surface area contributed by atoms with Crippen molar-refractivity contribution in [3.63, 3.8) is 0 Å². The maximum absolute atomic E-state index is 14.5. The van der Waals surface area contributed by atoms with E-state index >= 15 is 0 Å². The van der Waals surface area contributed by atoms with E-state index in [0.29, 0.717) is 17.0 Å². The largest absolute Gasteiger partial charge is 0.479 e. The Balaban J connectivity index is 1.60. The first-order chi connectivity index (χ1) is 14.1. The maximum atomic E-state index is 14.5. The average molecular weight is 402 g/mol. The van der Waals surface area contributed by atoms with Crippen molar-refractivity contribution >= 4 is 5.91 Å². The van der Waals surface area contributed by atoms with Gasteiger partial charge in [0.05, 0.1) is 19.8 Å². The highest BCUT2D eigenvalue weighted by atomic mass is 19.1. The molecule has 1 saturated carbocycles. The van der Waals surface area contributed by atoms with Crippen molar-refractivity contribution < 1.29 is 18.7 Å². The molecule has 1 N–H and O–H groups in total. The lowest BCUT2D eigenvalue weighted by Gasteiger charge is -2.34. The van der Waals surface area contributed by atoms with E-state index in [1.165, 1.54) is 26.6 Å². The van der Waals surface area contributed by atoms with Crippen LogP contribution in [0.1, 0.15) is 60.9 Å². The highest BCUT2D eigenvalue weighted by molar-refractivity contribution is 5.93. The van der Waals surface area contributed by atoms with Crippen molar-refractivity contribution in [3.8, 4) is 11.9 Å². The zero-order valence-corrected chi connectivity index (χ0v) is 17.0. The second kappa shape index (κ2) is 9.62. The van der Waals surface area contributed by atoms with Crippen molar-refractivity contribution in [1.29, 1.82) is 0 Å². The van der Waals surface area contributed by atoms with Crippen molar-refractivity contribution in [2.45, 2.75) is 51.0 Å². The Morgan fingerprint density at radius 1 is 1.17 bits per heavy atom. The number of rotatable bonds is 7. The molecular weight excluding hydrogens is 375 g/mol. The van der Waals surface area contributed by atoms with Gasteiger partial charge in [0, 0.05) is 24.6 Å². The molecule has 3 rings (SSSR count). The number of nitrogens with zero attached hydrogens (tertiary/aromatic N) is 3. The highest BCUT2D eigenvalue weighted by Crippen LogP contribution is 2.39. The zero-order chi connectivity index (χ0) is 20.8. The first kappa shape index (κ1) is 21.0. The Kier molecular flexibility index (Phi) is 6.95. The molecule has 156 valence electrons. The van der Waals surface area contributed by atoms with Gasteiger partial charge in [-0.25, -0.2) is 19.3 Å². The fourth-order valence-corrected chi connectivity index (χ4v) is 4.07. The molecule has 2 aromatic heterocycles. The topological polar surface area (TPSA) is 86.2 Å². The van der Waals surface area contributed by atoms with Crippen LogP contribution in [0.25, 0.3) is 0 Å². The summed E-state index contributed by atoms with van der Waals surface area (Å²) in [4.78, 5) is 24.4. The number of hydrogen-bond acceptors (Lipinski definition) is 6. The van der Waals surface area contributed by atoms with E-state index in [1.807, 2.05) is 0 Å². The van der Waals surface area contributed by atoms with Crippen molar-refractivity contribution in [2.75, 3.05) is 14.2 Å². The molecule has 1 amide bonds. The lowest BCUT2D eigenvalue weighted by molar-refractivity contribution is 0.0908. The van der Waals surface area contributed by atoms with Crippen LogP contribution < -0.4 is 14.8 Å². The molecule has 1 aliphatic rings. The van der Waals surface area contributed by atoms with Gasteiger partial charge in [0.2, 0.25) is 5.88 Å². The Bertz CT molecular complexity index is 823. The predicted molar refractivity (Wildman–Crippen MR) is 106 cm³/mol. The molecule has 0 aromatic carbocycles. The first-order valence-corrected chi connectivity index (χ1v) is 9.92. The molecule has 8 heteroatoms. The van der Waals surface area contributed by atoms with Gasteiger partial charge in [-0.3, -0.25) is 4.79 Å². The van der Waals surface area contributed by atoms with E-state index in [4.69, 9.17) is 9.47 Å². The number of ether oxygens (including phenoxy) is 2. The summed E-state index contributed by atoms with van der Waals surface area (Å²) in [5.41, 5.74) is 1.08. The molecule has 1 atom stereocenters. The van der Waals surface area contributed by atoms with Gasteiger partial charge in [0.25, 0.3) is 5.91 Å². The smallest absolute Gasteiger partial charge is 0.316 e. The van der Waals surface area contributed by atoms with Crippen LogP contribution in [0.15, 0.2) is 24.7 Å². The average Bonchev–Trinajstić information content (AvgIpc) is 2.77. The van der Waals surface area contributed by atoms with Crippen LogP contribution in [-0.4, -0.2) is 41.1 Å². The standard InChI is InChI=1S/C21H27FN4O3/c1-4-17(26-19(27)15-11-24-21(29-3)25-12-15)14-7-5-13(6-8-14)16-9-10-23-20(28-2)18(16)22/h9-14,17H,4-8H2,1-3H3,(H,26,27). The van der Waals surface area contributed by atoms with Crippen LogP contribution in [0.5, 0.6) is 11.9 Å². The lowest BCUT2D eigenvalue weighted by atomic mass is 9.75. The van der Waals surface area contributed by atoms with E-state index in [-0.39, 0.29) is 35.6 Å². The number of hydrogen-bond donors (Lipinski definition) is 1. The third-order valence-electron chi connectivity index (χ3n) is 5.69. The highest BCUT2D eigenvalue weighted by Gasteiger charge is 2.30. The Hall–Kier alpha value is -2.77. The third kappa shape index (κ3) is 4.81. The van der Waals surface area contributed by atoms with Crippen LogP contribution in [0.4, 0.5) is 4.39 Å². The number of carbonyl (C=O) groups excluding carboxylic acids is 1. The van der Waals surface area contributed by atoms with Crippen LogP contribution in [0.3, 0.4) is 0 Å². The monoisotopic (exact) mass is 402 g/mol. The van der Waals surface area contributed by atoms with Crippen LogP contribution >= 0.6 is 0 Å². The molecular formula is C21H27FN4O3. The zero-order valence-electron chi connectivity index (χ0n) is 17.0. The minimum absolute atomic E-state index is 0.0463. The molecule has 2 aromatic rings. The second-order valence-corrected chi connectivity index (χ2v) is 7.28. The fraction of sp³-hybridized carbons (Fsp3) is 0.524. The summed E-state index contributed by atoms with van der Waals surface area (Å²) < 4.78 is 24.5. The minimum atomic E-state index is -0.363. The molecule has 1 fully saturated rings. The fourth-order valence-electron chi connectivity index (χ4n) is 4.07. The number of carbonyl (C=O) groups is 1. The number of methoxy groups -OCH3 is 2. The molecule has 0 spiro atoms. The van der Waals surface area contributed by atoms with Crippen molar-refractivity contribution in [2.24, 2.45) is 5.92 Å². The molecule has 1 aliphatic carbocycles. The summed E-state index contributed by atoms with van der Waals surface area (Å²) >= 11 is 0. The minimum Gasteiger partial charge on any atom is -0.479 e. The summed E-state index contributed by atoms with van der Waals surface area (Å²) in [6, 6.07) is 2.03. The van der Waals surface area contributed by atoms with Gasteiger partial charge in [-0.15, -0.1) is 0 Å². The van der Waals surface area contributed by atoms with Gasteiger partial charge in [-0.2, -0.15) is 0 Å². The molecule has 29 heavy (non-hydrogen) atoms. The van der Waals surface area contributed by atoms with Gasteiger partial charge in [-0.1, -0.05) is 6.92 Å². The van der Waals surface area contributed by atoms with Crippen molar-refractivity contribution in [3.05, 3.63) is 41.6 Å². The molecule has 2 heterocycles. The van der Waals surface area contributed by atoms with Gasteiger partial charge >= 0.3 is 6.01 Å². The summed E-state index contributed by atoms with van der Waals surface area (Å²) in [7, 11) is 2.90. The molecule has 1 unspecified atom stereocenters. The van der Waals surface area contributed by atoms with Gasteiger partial charge < -0.3 is 14.8 Å². The van der Waals surface area contributed by atoms with Crippen LogP contribution in [0, 0.1) is 11.7 Å². The second-order valence-electron chi connectivity index (χ2n) is 7.28. The van der Waals surface area contributed by atoms with E-state index in [1.54, 1.807) is 12.3 Å². The normalized spacial score (nSPS) is 20.0. The predicted octanol–water partition coefficient (Wildman–Crippen LogP) is 3.51. The molecule has 0 saturated heterocycles. The molecule has 7 nitrogen and oxygen atoms in total. The van der Waals surface area contributed by atoms with Crippen LogP contribution in [-0.2, 0) is 0 Å². The summed E-state index contributed by atoms with van der Waals surface area (Å²) in [6.07, 6.45) is 8.93. The Morgan fingerprint density at radius 3 is 2.45 bits per heavy atom.